The molecule has 1 amide bonds. The number of halogens is 1. The molecule has 0 bridgehead atoms. The molecule has 0 spiro atoms. The first-order valence-electron chi connectivity index (χ1n) is 8.19. The second-order valence-corrected chi connectivity index (χ2v) is 6.72. The highest BCUT2D eigenvalue weighted by Crippen LogP contribution is 2.30. The van der Waals surface area contributed by atoms with E-state index < -0.39 is 24.3 Å². The molecule has 0 heterocycles. The fraction of sp³-hybridized carbons (Fsp3) is 0.300. The lowest BCUT2D eigenvalue weighted by Gasteiger charge is -2.22. The maximum absolute atomic E-state index is 13.4. The minimum absolute atomic E-state index is 0.0314. The maximum Gasteiger partial charge on any atom is 0.344 e. The molecule has 2 rings (SSSR count). The van der Waals surface area contributed by atoms with Gasteiger partial charge in [0.05, 0.1) is 5.69 Å². The number of carbonyl (C=O) groups excluding carboxylic acids is 2. The summed E-state index contributed by atoms with van der Waals surface area (Å²) in [4.78, 5) is 23.5. The van der Waals surface area contributed by atoms with E-state index in [1.165, 1.54) is 18.2 Å². The Morgan fingerprint density at radius 3 is 2.35 bits per heavy atom. The van der Waals surface area contributed by atoms with E-state index in [0.29, 0.717) is 5.75 Å². The molecule has 0 saturated carbocycles. The predicted octanol–water partition coefficient (Wildman–Crippen LogP) is 3.68. The van der Waals surface area contributed by atoms with Crippen LogP contribution in [-0.2, 0) is 19.7 Å². The molecule has 0 aliphatic rings. The monoisotopic (exact) mass is 359 g/mol. The lowest BCUT2D eigenvalue weighted by molar-refractivity contribution is -0.149. The van der Waals surface area contributed by atoms with Crippen LogP contribution in [0.25, 0.3) is 0 Å². The molecule has 2 aromatic carbocycles. The summed E-state index contributed by atoms with van der Waals surface area (Å²) >= 11 is 0. The number of benzene rings is 2. The number of nitrogens with one attached hydrogen (secondary N) is 1. The van der Waals surface area contributed by atoms with Crippen LogP contribution in [0.4, 0.5) is 10.1 Å². The number of para-hydroxylation sites is 2. The third-order valence-electron chi connectivity index (χ3n) is 3.55. The fourth-order valence-corrected chi connectivity index (χ4v) is 2.29. The SMILES string of the molecule is CC(C)(C)c1ccccc1OCC(=O)OCC(=O)Nc1ccccc1F. The summed E-state index contributed by atoms with van der Waals surface area (Å²) in [5.74, 6) is -1.28. The number of rotatable bonds is 6. The van der Waals surface area contributed by atoms with E-state index in [2.05, 4.69) is 5.32 Å². The maximum atomic E-state index is 13.4. The second-order valence-electron chi connectivity index (χ2n) is 6.72. The van der Waals surface area contributed by atoms with Crippen molar-refractivity contribution in [3.63, 3.8) is 0 Å². The van der Waals surface area contributed by atoms with Crippen molar-refractivity contribution in [3.8, 4) is 5.75 Å². The minimum Gasteiger partial charge on any atom is -0.482 e. The highest BCUT2D eigenvalue weighted by Gasteiger charge is 2.19. The number of carbonyl (C=O) groups is 2. The topological polar surface area (TPSA) is 64.6 Å². The van der Waals surface area contributed by atoms with Gasteiger partial charge in [-0.05, 0) is 29.2 Å². The van der Waals surface area contributed by atoms with Gasteiger partial charge in [-0.25, -0.2) is 9.18 Å². The summed E-state index contributed by atoms with van der Waals surface area (Å²) in [7, 11) is 0. The third-order valence-corrected chi connectivity index (χ3v) is 3.55. The molecule has 5 nitrogen and oxygen atoms in total. The average molecular weight is 359 g/mol. The Labute approximate surface area is 152 Å². The Balaban J connectivity index is 1.83. The summed E-state index contributed by atoms with van der Waals surface area (Å²) in [6.07, 6.45) is 0. The van der Waals surface area contributed by atoms with Crippen LogP contribution in [0.3, 0.4) is 0 Å². The van der Waals surface area contributed by atoms with E-state index in [1.54, 1.807) is 12.1 Å². The van der Waals surface area contributed by atoms with E-state index >= 15 is 0 Å². The highest BCUT2D eigenvalue weighted by molar-refractivity contribution is 5.92. The molecular formula is C20H22FNO4. The molecule has 6 heteroatoms. The molecule has 1 N–H and O–H groups in total. The summed E-state index contributed by atoms with van der Waals surface area (Å²) in [5, 5.41) is 2.34. The van der Waals surface area contributed by atoms with Crippen LogP contribution in [-0.4, -0.2) is 25.1 Å². The van der Waals surface area contributed by atoms with Crippen LogP contribution in [0.15, 0.2) is 48.5 Å². The number of ether oxygens (including phenoxy) is 2. The lowest BCUT2D eigenvalue weighted by atomic mass is 9.86. The molecule has 138 valence electrons. The Kier molecular flexibility index (Phi) is 6.33. The largest absolute Gasteiger partial charge is 0.482 e. The van der Waals surface area contributed by atoms with Gasteiger partial charge in [0.25, 0.3) is 5.91 Å². The molecule has 0 unspecified atom stereocenters. The van der Waals surface area contributed by atoms with Gasteiger partial charge >= 0.3 is 5.97 Å². The van der Waals surface area contributed by atoms with E-state index in [9.17, 15) is 14.0 Å². The zero-order valence-electron chi connectivity index (χ0n) is 15.0. The molecule has 0 aliphatic heterocycles. The van der Waals surface area contributed by atoms with Gasteiger partial charge in [-0.3, -0.25) is 4.79 Å². The quantitative estimate of drug-likeness (QED) is 0.799. The number of anilines is 1. The zero-order valence-corrected chi connectivity index (χ0v) is 15.0. The van der Waals surface area contributed by atoms with E-state index in [4.69, 9.17) is 9.47 Å². The summed E-state index contributed by atoms with van der Waals surface area (Å²) in [6, 6.07) is 13.2. The van der Waals surface area contributed by atoms with Crippen molar-refractivity contribution in [2.45, 2.75) is 26.2 Å². The third kappa shape index (κ3) is 5.58. The number of hydrogen-bond donors (Lipinski definition) is 1. The van der Waals surface area contributed by atoms with Crippen LogP contribution in [0.2, 0.25) is 0 Å². The molecule has 0 fully saturated rings. The fourth-order valence-electron chi connectivity index (χ4n) is 2.29. The highest BCUT2D eigenvalue weighted by atomic mass is 19.1. The Hall–Kier alpha value is -2.89. The van der Waals surface area contributed by atoms with Crippen molar-refractivity contribution < 1.29 is 23.5 Å². The van der Waals surface area contributed by atoms with Crippen molar-refractivity contribution in [2.24, 2.45) is 0 Å². The Morgan fingerprint density at radius 1 is 1.00 bits per heavy atom. The van der Waals surface area contributed by atoms with Gasteiger partial charge in [-0.2, -0.15) is 0 Å². The van der Waals surface area contributed by atoms with Crippen molar-refractivity contribution in [1.82, 2.24) is 0 Å². The van der Waals surface area contributed by atoms with Crippen molar-refractivity contribution >= 4 is 17.6 Å². The van der Waals surface area contributed by atoms with Crippen molar-refractivity contribution in [1.29, 1.82) is 0 Å². The van der Waals surface area contributed by atoms with Gasteiger partial charge in [0, 0.05) is 0 Å². The van der Waals surface area contributed by atoms with Gasteiger partial charge in [0.15, 0.2) is 13.2 Å². The molecule has 0 saturated heterocycles. The van der Waals surface area contributed by atoms with Crippen LogP contribution >= 0.6 is 0 Å². The van der Waals surface area contributed by atoms with Crippen molar-refractivity contribution in [2.75, 3.05) is 18.5 Å². The van der Waals surface area contributed by atoms with Gasteiger partial charge < -0.3 is 14.8 Å². The first-order valence-corrected chi connectivity index (χ1v) is 8.19. The number of esters is 1. The van der Waals surface area contributed by atoms with Crippen LogP contribution in [0, 0.1) is 5.82 Å². The summed E-state index contributed by atoms with van der Waals surface area (Å²) in [5.41, 5.74) is 0.856. The molecule has 0 aromatic heterocycles. The molecule has 2 aromatic rings. The van der Waals surface area contributed by atoms with Gasteiger partial charge in [0.1, 0.15) is 11.6 Å². The molecule has 26 heavy (non-hydrogen) atoms. The van der Waals surface area contributed by atoms with Crippen LogP contribution in [0.1, 0.15) is 26.3 Å². The lowest BCUT2D eigenvalue weighted by Crippen LogP contribution is -2.24. The van der Waals surface area contributed by atoms with Gasteiger partial charge in [0.2, 0.25) is 0 Å². The molecule has 0 atom stereocenters. The first kappa shape index (κ1) is 19.4. The zero-order chi connectivity index (χ0) is 19.2. The predicted molar refractivity (Wildman–Crippen MR) is 96.6 cm³/mol. The van der Waals surface area contributed by atoms with Gasteiger partial charge in [-0.15, -0.1) is 0 Å². The smallest absolute Gasteiger partial charge is 0.344 e. The average Bonchev–Trinajstić information content (AvgIpc) is 2.59. The normalized spacial score (nSPS) is 10.9. The summed E-state index contributed by atoms with van der Waals surface area (Å²) < 4.78 is 23.8. The van der Waals surface area contributed by atoms with E-state index in [-0.39, 0.29) is 17.7 Å². The van der Waals surface area contributed by atoms with E-state index in [0.717, 1.165) is 5.56 Å². The number of hydrogen-bond acceptors (Lipinski definition) is 4. The van der Waals surface area contributed by atoms with Crippen molar-refractivity contribution in [3.05, 3.63) is 59.9 Å². The minimum atomic E-state index is -0.683. The molecule has 0 aliphatic carbocycles. The second kappa shape index (κ2) is 8.47. The van der Waals surface area contributed by atoms with E-state index in [1.807, 2.05) is 39.0 Å². The first-order chi connectivity index (χ1) is 12.3. The van der Waals surface area contributed by atoms with Gasteiger partial charge in [-0.1, -0.05) is 51.1 Å². The Morgan fingerprint density at radius 2 is 1.65 bits per heavy atom. The molecule has 0 radical (unpaired) electrons. The standard InChI is InChI=1S/C20H22FNO4/c1-20(2,3)14-8-4-7-11-17(14)25-13-19(24)26-12-18(23)22-16-10-6-5-9-15(16)21/h4-11H,12-13H2,1-3H3,(H,22,23). The van der Waals surface area contributed by atoms with Crippen LogP contribution < -0.4 is 10.1 Å². The van der Waals surface area contributed by atoms with Crippen LogP contribution in [0.5, 0.6) is 5.75 Å². The molecular weight excluding hydrogens is 337 g/mol. The summed E-state index contributed by atoms with van der Waals surface area (Å²) in [6.45, 7) is 5.29. The number of amides is 1. The Bertz CT molecular complexity index is 783.